The molecule has 0 aliphatic heterocycles. The summed E-state index contributed by atoms with van der Waals surface area (Å²) in [6.45, 7) is 0.171. The number of carbonyl (C=O) groups is 1. The van der Waals surface area contributed by atoms with Crippen molar-refractivity contribution in [1.82, 2.24) is 4.98 Å². The van der Waals surface area contributed by atoms with Gasteiger partial charge in [0.2, 0.25) is 0 Å². The van der Waals surface area contributed by atoms with E-state index in [1.54, 1.807) is 12.4 Å². The number of nitrogens with zero attached hydrogens (tertiary/aromatic N) is 1. The summed E-state index contributed by atoms with van der Waals surface area (Å²) >= 11 is 0. The van der Waals surface area contributed by atoms with Gasteiger partial charge >= 0.3 is 5.97 Å². The first-order chi connectivity index (χ1) is 9.66. The Morgan fingerprint density at radius 3 is 2.80 bits per heavy atom. The molecule has 0 radical (unpaired) electrons. The predicted molar refractivity (Wildman–Crippen MR) is 69.2 cm³/mol. The fourth-order valence-electron chi connectivity index (χ4n) is 1.72. The molecule has 0 bridgehead atoms. The van der Waals surface area contributed by atoms with Crippen molar-refractivity contribution in [3.8, 4) is 0 Å². The molecule has 0 saturated carbocycles. The summed E-state index contributed by atoms with van der Waals surface area (Å²) in [7, 11) is 0. The molecule has 0 aliphatic rings. The van der Waals surface area contributed by atoms with Gasteiger partial charge in [-0.1, -0.05) is 6.07 Å². The minimum Gasteiger partial charge on any atom is -0.462 e. The first kappa shape index (κ1) is 14.1. The molecular weight excluding hydrogens is 264 g/mol. The highest BCUT2D eigenvalue weighted by Gasteiger charge is 2.13. The summed E-state index contributed by atoms with van der Waals surface area (Å²) in [6.07, 6.45) is 4.75. The summed E-state index contributed by atoms with van der Waals surface area (Å²) in [4.78, 5) is 15.6. The first-order valence-corrected chi connectivity index (χ1v) is 6.18. The fourth-order valence-corrected chi connectivity index (χ4v) is 1.72. The second-order valence-corrected chi connectivity index (χ2v) is 4.22. The van der Waals surface area contributed by atoms with E-state index in [-0.39, 0.29) is 12.2 Å². The van der Waals surface area contributed by atoms with E-state index in [9.17, 15) is 13.6 Å². The molecule has 3 nitrogen and oxygen atoms in total. The average molecular weight is 277 g/mol. The van der Waals surface area contributed by atoms with Gasteiger partial charge in [0.1, 0.15) is 11.6 Å². The van der Waals surface area contributed by atoms with Crippen LogP contribution in [0.15, 0.2) is 42.7 Å². The van der Waals surface area contributed by atoms with Gasteiger partial charge in [-0.3, -0.25) is 4.98 Å². The Labute approximate surface area is 115 Å². The largest absolute Gasteiger partial charge is 0.462 e. The third kappa shape index (κ3) is 3.85. The number of esters is 1. The lowest BCUT2D eigenvalue weighted by Gasteiger charge is -2.05. The molecule has 1 aromatic heterocycles. The molecular formula is C15H13F2NO2. The van der Waals surface area contributed by atoms with Crippen molar-refractivity contribution in [2.45, 2.75) is 12.8 Å². The lowest BCUT2D eigenvalue weighted by molar-refractivity contribution is 0.0495. The van der Waals surface area contributed by atoms with Gasteiger partial charge in [-0.05, 0) is 36.6 Å². The highest BCUT2D eigenvalue weighted by atomic mass is 19.1. The van der Waals surface area contributed by atoms with Crippen molar-refractivity contribution in [1.29, 1.82) is 0 Å². The third-order valence-electron chi connectivity index (χ3n) is 2.72. The van der Waals surface area contributed by atoms with Crippen LogP contribution >= 0.6 is 0 Å². The number of aryl methyl sites for hydroxylation is 1. The number of pyridine rings is 1. The van der Waals surface area contributed by atoms with Crippen molar-refractivity contribution < 1.29 is 18.3 Å². The molecule has 0 spiro atoms. The molecule has 0 amide bonds. The topological polar surface area (TPSA) is 39.2 Å². The van der Waals surface area contributed by atoms with Gasteiger partial charge in [0.05, 0.1) is 12.2 Å². The standard InChI is InChI=1S/C15H13F2NO2/c16-12-5-6-13(14(17)9-12)15(19)20-8-2-4-11-3-1-7-18-10-11/h1,3,5-7,9-10H,2,4,8H2. The van der Waals surface area contributed by atoms with Crippen LogP contribution in [-0.4, -0.2) is 17.6 Å². The highest BCUT2D eigenvalue weighted by molar-refractivity contribution is 5.89. The summed E-state index contributed by atoms with van der Waals surface area (Å²) < 4.78 is 31.0. The Kier molecular flexibility index (Phi) is 4.76. The molecule has 0 N–H and O–H groups in total. The third-order valence-corrected chi connectivity index (χ3v) is 2.72. The van der Waals surface area contributed by atoms with Crippen LogP contribution in [0, 0.1) is 11.6 Å². The maximum absolute atomic E-state index is 13.3. The predicted octanol–water partition coefficient (Wildman–Crippen LogP) is 3.15. The molecule has 2 rings (SSSR count). The summed E-state index contributed by atoms with van der Waals surface area (Å²) in [5, 5.41) is 0. The van der Waals surface area contributed by atoms with Crippen molar-refractivity contribution >= 4 is 5.97 Å². The van der Waals surface area contributed by atoms with E-state index in [0.29, 0.717) is 18.9 Å². The van der Waals surface area contributed by atoms with E-state index in [1.165, 1.54) is 0 Å². The maximum Gasteiger partial charge on any atom is 0.341 e. The van der Waals surface area contributed by atoms with Crippen molar-refractivity contribution in [3.63, 3.8) is 0 Å². The lowest BCUT2D eigenvalue weighted by Crippen LogP contribution is -2.09. The van der Waals surface area contributed by atoms with E-state index in [1.807, 2.05) is 12.1 Å². The number of hydrogen-bond donors (Lipinski definition) is 0. The molecule has 2 aromatic rings. The molecule has 0 unspecified atom stereocenters. The monoisotopic (exact) mass is 277 g/mol. The number of rotatable bonds is 5. The van der Waals surface area contributed by atoms with Gasteiger partial charge in [0.15, 0.2) is 0 Å². The Morgan fingerprint density at radius 2 is 2.10 bits per heavy atom. The van der Waals surface area contributed by atoms with Gasteiger partial charge in [0, 0.05) is 18.5 Å². The minimum atomic E-state index is -0.915. The molecule has 0 fully saturated rings. The van der Waals surface area contributed by atoms with Gasteiger partial charge in [-0.15, -0.1) is 0 Å². The van der Waals surface area contributed by atoms with Crippen LogP contribution in [0.4, 0.5) is 8.78 Å². The van der Waals surface area contributed by atoms with Crippen LogP contribution in [0.1, 0.15) is 22.3 Å². The van der Waals surface area contributed by atoms with E-state index in [4.69, 9.17) is 4.74 Å². The van der Waals surface area contributed by atoms with E-state index in [0.717, 1.165) is 17.7 Å². The van der Waals surface area contributed by atoms with Gasteiger partial charge in [0.25, 0.3) is 0 Å². The smallest absolute Gasteiger partial charge is 0.341 e. The average Bonchev–Trinajstić information content (AvgIpc) is 2.44. The van der Waals surface area contributed by atoms with Crippen LogP contribution in [0.2, 0.25) is 0 Å². The number of ether oxygens (including phenoxy) is 1. The molecule has 0 saturated heterocycles. The van der Waals surface area contributed by atoms with Crippen LogP contribution in [0.25, 0.3) is 0 Å². The molecule has 20 heavy (non-hydrogen) atoms. The lowest BCUT2D eigenvalue weighted by atomic mass is 10.2. The normalized spacial score (nSPS) is 10.3. The first-order valence-electron chi connectivity index (χ1n) is 6.18. The highest BCUT2D eigenvalue weighted by Crippen LogP contribution is 2.11. The fraction of sp³-hybridized carbons (Fsp3) is 0.200. The van der Waals surface area contributed by atoms with Gasteiger partial charge in [-0.2, -0.15) is 0 Å². The Balaban J connectivity index is 1.80. The second kappa shape index (κ2) is 6.75. The van der Waals surface area contributed by atoms with Crippen LogP contribution in [0.5, 0.6) is 0 Å². The number of carbonyl (C=O) groups excluding carboxylic acids is 1. The Bertz CT molecular complexity index is 588. The summed E-state index contributed by atoms with van der Waals surface area (Å²) in [6, 6.07) is 6.51. The molecule has 5 heteroatoms. The number of hydrogen-bond acceptors (Lipinski definition) is 3. The van der Waals surface area contributed by atoms with Gasteiger partial charge in [-0.25, -0.2) is 13.6 Å². The molecule has 1 aromatic carbocycles. The Morgan fingerprint density at radius 1 is 1.25 bits per heavy atom. The number of benzene rings is 1. The van der Waals surface area contributed by atoms with E-state index in [2.05, 4.69) is 4.98 Å². The molecule has 104 valence electrons. The molecule has 0 atom stereocenters. The number of aromatic nitrogens is 1. The zero-order valence-electron chi connectivity index (χ0n) is 10.7. The van der Waals surface area contributed by atoms with Gasteiger partial charge < -0.3 is 4.74 Å². The SMILES string of the molecule is O=C(OCCCc1cccnc1)c1ccc(F)cc1F. The molecule has 1 heterocycles. The van der Waals surface area contributed by atoms with E-state index < -0.39 is 17.6 Å². The van der Waals surface area contributed by atoms with E-state index >= 15 is 0 Å². The second-order valence-electron chi connectivity index (χ2n) is 4.22. The van der Waals surface area contributed by atoms with Crippen LogP contribution in [-0.2, 0) is 11.2 Å². The zero-order chi connectivity index (χ0) is 14.4. The van der Waals surface area contributed by atoms with Crippen molar-refractivity contribution in [2.75, 3.05) is 6.61 Å². The van der Waals surface area contributed by atoms with Crippen molar-refractivity contribution in [2.24, 2.45) is 0 Å². The van der Waals surface area contributed by atoms with Crippen LogP contribution < -0.4 is 0 Å². The van der Waals surface area contributed by atoms with Crippen LogP contribution in [0.3, 0.4) is 0 Å². The maximum atomic E-state index is 13.3. The quantitative estimate of drug-likeness (QED) is 0.622. The molecule has 0 aliphatic carbocycles. The Hall–Kier alpha value is -2.30. The number of halogens is 2. The minimum absolute atomic E-state index is 0.171. The summed E-state index contributed by atoms with van der Waals surface area (Å²) in [5.74, 6) is -2.42. The van der Waals surface area contributed by atoms with Crippen molar-refractivity contribution in [3.05, 3.63) is 65.5 Å². The zero-order valence-corrected chi connectivity index (χ0v) is 10.7. The summed E-state index contributed by atoms with van der Waals surface area (Å²) in [5.41, 5.74) is 0.782.